The smallest absolute Gasteiger partial charge is 0.262 e. The Balaban J connectivity index is 2.22. The number of aromatic nitrogens is 4. The van der Waals surface area contributed by atoms with Gasteiger partial charge in [0.05, 0.1) is 16.7 Å². The number of nitrogens with one attached hydrogen (secondary N) is 1. The van der Waals surface area contributed by atoms with Gasteiger partial charge < -0.3 is 11.1 Å². The van der Waals surface area contributed by atoms with Crippen LogP contribution in [0.5, 0.6) is 0 Å². The third-order valence-electron chi connectivity index (χ3n) is 4.40. The predicted molar refractivity (Wildman–Crippen MR) is 117 cm³/mol. The molecule has 0 radical (unpaired) electrons. The molecule has 0 bridgehead atoms. The second-order valence-corrected chi connectivity index (χ2v) is 8.96. The summed E-state index contributed by atoms with van der Waals surface area (Å²) in [5.41, 5.74) is 6.04. The van der Waals surface area contributed by atoms with E-state index >= 15 is 0 Å². The molecule has 0 aliphatic carbocycles. The molecule has 3 aromatic rings. The molecule has 0 unspecified atom stereocenters. The number of hydrogen-bond donors (Lipinski definition) is 2. The predicted octanol–water partition coefficient (Wildman–Crippen LogP) is 1.66. The Morgan fingerprint density at radius 3 is 2.53 bits per heavy atom. The van der Waals surface area contributed by atoms with E-state index in [9.17, 15) is 14.4 Å². The van der Waals surface area contributed by atoms with Gasteiger partial charge in [-0.05, 0) is 30.0 Å². The highest BCUT2D eigenvalue weighted by molar-refractivity contribution is 7.99. The molecule has 0 fully saturated rings. The maximum absolute atomic E-state index is 13.1. The molecule has 3 N–H and O–H groups in total. The van der Waals surface area contributed by atoms with Gasteiger partial charge in [0.2, 0.25) is 11.7 Å². The summed E-state index contributed by atoms with van der Waals surface area (Å²) >= 11 is 1.14. The Hall–Kier alpha value is -2.88. The Morgan fingerprint density at radius 1 is 1.17 bits per heavy atom. The zero-order valence-electron chi connectivity index (χ0n) is 17.5. The quantitative estimate of drug-likeness (QED) is 0.524. The monoisotopic (exact) mass is 430 g/mol. The van der Waals surface area contributed by atoms with Gasteiger partial charge in [-0.3, -0.25) is 23.4 Å². The normalized spacial score (nSPS) is 11.7. The second-order valence-electron chi connectivity index (χ2n) is 8.02. The van der Waals surface area contributed by atoms with Crippen molar-refractivity contribution in [1.29, 1.82) is 0 Å². The van der Waals surface area contributed by atoms with Gasteiger partial charge in [0.15, 0.2) is 5.16 Å². The van der Waals surface area contributed by atoms with Crippen LogP contribution in [0.25, 0.3) is 16.7 Å². The van der Waals surface area contributed by atoms with Gasteiger partial charge in [-0.25, -0.2) is 0 Å². The van der Waals surface area contributed by atoms with Gasteiger partial charge in [-0.2, -0.15) is 0 Å². The molecule has 30 heavy (non-hydrogen) atoms. The molecule has 10 heteroatoms. The summed E-state index contributed by atoms with van der Waals surface area (Å²) in [6.07, 6.45) is 0. The molecular formula is C20H26N6O3S. The lowest BCUT2D eigenvalue weighted by molar-refractivity contribution is -0.115. The molecule has 0 spiro atoms. The maximum atomic E-state index is 13.1. The van der Waals surface area contributed by atoms with Crippen molar-refractivity contribution in [2.45, 2.75) is 39.4 Å². The number of thioether (sulfide) groups is 1. The largest absolute Gasteiger partial charge is 0.369 e. The van der Waals surface area contributed by atoms with Gasteiger partial charge in [0.1, 0.15) is 0 Å². The maximum Gasteiger partial charge on any atom is 0.262 e. The molecule has 0 aliphatic heterocycles. The summed E-state index contributed by atoms with van der Waals surface area (Å²) < 4.78 is 3.29. The van der Waals surface area contributed by atoms with Crippen LogP contribution >= 0.6 is 11.8 Å². The lowest BCUT2D eigenvalue weighted by atomic mass is 10.1. The highest BCUT2D eigenvalue weighted by Gasteiger charge is 2.19. The number of primary amides is 1. The molecule has 0 atom stereocenters. The number of nitrogens with zero attached hydrogens (tertiary/aromatic N) is 4. The molecule has 2 amide bonds. The van der Waals surface area contributed by atoms with E-state index in [1.165, 1.54) is 0 Å². The van der Waals surface area contributed by atoms with Crippen molar-refractivity contribution in [2.75, 3.05) is 12.3 Å². The number of rotatable bonds is 8. The SMILES string of the molecule is CC(C)CNC(=O)c1ccc2c(=O)n(CC(C)C)c3nnc(SCC(N)=O)n3c2c1. The first-order valence-electron chi connectivity index (χ1n) is 9.80. The first-order chi connectivity index (χ1) is 14.2. The van der Waals surface area contributed by atoms with Crippen LogP contribution in [0.2, 0.25) is 0 Å². The van der Waals surface area contributed by atoms with Crippen molar-refractivity contribution in [3.8, 4) is 0 Å². The highest BCUT2D eigenvalue weighted by Crippen LogP contribution is 2.23. The van der Waals surface area contributed by atoms with Crippen LogP contribution in [0, 0.1) is 11.8 Å². The van der Waals surface area contributed by atoms with Crippen molar-refractivity contribution >= 4 is 40.3 Å². The molecular weight excluding hydrogens is 404 g/mol. The van der Waals surface area contributed by atoms with Crippen LogP contribution in [0.15, 0.2) is 28.2 Å². The number of nitrogens with two attached hydrogens (primary N) is 1. The van der Waals surface area contributed by atoms with Crippen molar-refractivity contribution < 1.29 is 9.59 Å². The van der Waals surface area contributed by atoms with Crippen LogP contribution in [0.3, 0.4) is 0 Å². The Morgan fingerprint density at radius 2 is 1.90 bits per heavy atom. The molecule has 9 nitrogen and oxygen atoms in total. The van der Waals surface area contributed by atoms with E-state index in [-0.39, 0.29) is 23.1 Å². The number of fused-ring (bicyclic) bond motifs is 3. The lowest BCUT2D eigenvalue weighted by Crippen LogP contribution is -2.28. The Labute approximate surface area is 178 Å². The van der Waals surface area contributed by atoms with Crippen LogP contribution in [-0.2, 0) is 11.3 Å². The second kappa shape index (κ2) is 8.86. The van der Waals surface area contributed by atoms with Crippen LogP contribution in [0.1, 0.15) is 38.1 Å². The number of hydrogen-bond acceptors (Lipinski definition) is 6. The van der Waals surface area contributed by atoms with Gasteiger partial charge in [0.25, 0.3) is 11.5 Å². The van der Waals surface area contributed by atoms with E-state index in [1.54, 1.807) is 27.2 Å². The molecule has 160 valence electrons. The number of carbonyl (C=O) groups excluding carboxylic acids is 2. The zero-order chi connectivity index (χ0) is 22.0. The molecule has 1 aromatic carbocycles. The average Bonchev–Trinajstić information content (AvgIpc) is 3.11. The lowest BCUT2D eigenvalue weighted by Gasteiger charge is -2.14. The third kappa shape index (κ3) is 4.48. The van der Waals surface area contributed by atoms with Crippen LogP contribution < -0.4 is 16.6 Å². The minimum atomic E-state index is -0.481. The summed E-state index contributed by atoms with van der Waals surface area (Å²) in [4.78, 5) is 37.0. The highest BCUT2D eigenvalue weighted by atomic mass is 32.2. The topological polar surface area (TPSA) is 124 Å². The third-order valence-corrected chi connectivity index (χ3v) is 5.35. The fourth-order valence-electron chi connectivity index (χ4n) is 3.08. The minimum Gasteiger partial charge on any atom is -0.369 e. The minimum absolute atomic E-state index is 0.0279. The van der Waals surface area contributed by atoms with Crippen LogP contribution in [-0.4, -0.2) is 43.3 Å². The van der Waals surface area contributed by atoms with Crippen molar-refractivity contribution in [1.82, 2.24) is 24.5 Å². The first-order valence-corrected chi connectivity index (χ1v) is 10.8. The molecule has 0 saturated heterocycles. The van der Waals surface area contributed by atoms with Gasteiger partial charge >= 0.3 is 0 Å². The molecule has 2 heterocycles. The van der Waals surface area contributed by atoms with E-state index < -0.39 is 5.91 Å². The summed E-state index contributed by atoms with van der Waals surface area (Å²) in [6, 6.07) is 4.96. The standard InChI is InChI=1S/C20H26N6O3S/c1-11(2)8-22-17(28)13-5-6-14-15(7-13)26-19(25(18(14)29)9-12(3)4)23-24-20(26)30-10-16(21)27/h5-7,11-12H,8-10H2,1-4H3,(H2,21,27)(H,22,28). The van der Waals surface area contributed by atoms with Crippen molar-refractivity contribution in [2.24, 2.45) is 17.6 Å². The summed E-state index contributed by atoms with van der Waals surface area (Å²) in [7, 11) is 0. The fourth-order valence-corrected chi connectivity index (χ4v) is 3.76. The summed E-state index contributed by atoms with van der Waals surface area (Å²) in [5.74, 6) is 0.227. The Bertz CT molecular complexity index is 1160. The first kappa shape index (κ1) is 21.8. The molecule has 0 aliphatic rings. The average molecular weight is 431 g/mol. The van der Waals surface area contributed by atoms with Gasteiger partial charge in [0, 0.05) is 18.7 Å². The molecule has 3 rings (SSSR count). The zero-order valence-corrected chi connectivity index (χ0v) is 18.3. The Kier molecular flexibility index (Phi) is 6.45. The van der Waals surface area contributed by atoms with E-state index in [0.29, 0.717) is 46.4 Å². The molecule has 0 saturated carbocycles. The fraction of sp³-hybridized carbons (Fsp3) is 0.450. The van der Waals surface area contributed by atoms with Crippen molar-refractivity contribution in [3.05, 3.63) is 34.1 Å². The van der Waals surface area contributed by atoms with Gasteiger partial charge in [-0.1, -0.05) is 39.5 Å². The summed E-state index contributed by atoms with van der Waals surface area (Å²) in [5, 5.41) is 12.1. The van der Waals surface area contributed by atoms with Crippen LogP contribution in [0.4, 0.5) is 0 Å². The van der Waals surface area contributed by atoms with E-state index in [4.69, 9.17) is 5.73 Å². The van der Waals surface area contributed by atoms with Crippen molar-refractivity contribution in [3.63, 3.8) is 0 Å². The van der Waals surface area contributed by atoms with E-state index in [0.717, 1.165) is 11.8 Å². The summed E-state index contributed by atoms with van der Waals surface area (Å²) in [6.45, 7) is 9.06. The number of amides is 2. The van der Waals surface area contributed by atoms with Gasteiger partial charge in [-0.15, -0.1) is 10.2 Å². The number of carbonyl (C=O) groups is 2. The van der Waals surface area contributed by atoms with E-state index in [2.05, 4.69) is 15.5 Å². The number of benzene rings is 1. The van der Waals surface area contributed by atoms with E-state index in [1.807, 2.05) is 27.7 Å². The molecule has 2 aromatic heterocycles.